The van der Waals surface area contributed by atoms with Crippen LogP contribution in [0.4, 0.5) is 4.79 Å². The predicted molar refractivity (Wildman–Crippen MR) is 32.6 cm³/mol. The second kappa shape index (κ2) is 1.84. The summed E-state index contributed by atoms with van der Waals surface area (Å²) in [5, 5.41) is 0. The van der Waals surface area contributed by atoms with Crippen LogP contribution in [0, 0.1) is 0 Å². The number of hydrogen-bond acceptors (Lipinski definition) is 2. The number of carbonyl (C=O) groups is 1. The minimum atomic E-state index is -0.204. The molecule has 1 aliphatic heterocycles. The average Bonchev–Trinajstić information content (AvgIpc) is 2.15. The molecule has 1 fully saturated rings. The molecular formula is C6H10NO2+. The second-order valence-corrected chi connectivity index (χ2v) is 2.29. The Morgan fingerprint density at radius 1 is 1.89 bits per heavy atom. The lowest BCUT2D eigenvalue weighted by atomic mass is 10.5. The Morgan fingerprint density at radius 3 is 2.78 bits per heavy atom. The van der Waals surface area contributed by atoms with Gasteiger partial charge in [-0.1, -0.05) is 0 Å². The van der Waals surface area contributed by atoms with Crippen LogP contribution in [0.2, 0.25) is 0 Å². The first kappa shape index (κ1) is 6.29. The highest BCUT2D eigenvalue weighted by Gasteiger charge is 2.37. The minimum absolute atomic E-state index is 0.204. The van der Waals surface area contributed by atoms with Gasteiger partial charge in [0.05, 0.1) is 13.2 Å². The Bertz CT molecular complexity index is 155. The van der Waals surface area contributed by atoms with Gasteiger partial charge in [-0.15, -0.1) is 0 Å². The third-order valence-electron chi connectivity index (χ3n) is 1.60. The van der Waals surface area contributed by atoms with Crippen molar-refractivity contribution in [3.8, 4) is 0 Å². The second-order valence-electron chi connectivity index (χ2n) is 2.29. The van der Waals surface area contributed by atoms with Crippen molar-refractivity contribution in [3.63, 3.8) is 0 Å². The highest BCUT2D eigenvalue weighted by molar-refractivity contribution is 5.61. The van der Waals surface area contributed by atoms with E-state index < -0.39 is 0 Å². The lowest BCUT2D eigenvalue weighted by molar-refractivity contribution is -0.767. The van der Waals surface area contributed by atoms with Crippen molar-refractivity contribution < 1.29 is 14.0 Å². The third-order valence-corrected chi connectivity index (χ3v) is 1.60. The zero-order valence-corrected chi connectivity index (χ0v) is 5.46. The van der Waals surface area contributed by atoms with E-state index in [1.807, 2.05) is 0 Å². The van der Waals surface area contributed by atoms with E-state index in [4.69, 9.17) is 4.74 Å². The zero-order chi connectivity index (χ0) is 6.91. The van der Waals surface area contributed by atoms with Gasteiger partial charge in [-0.05, 0) is 6.58 Å². The van der Waals surface area contributed by atoms with E-state index in [0.29, 0.717) is 13.2 Å². The molecule has 1 aliphatic rings. The summed E-state index contributed by atoms with van der Waals surface area (Å²) in [6.07, 6.45) is 1.39. The number of amides is 1. The van der Waals surface area contributed by atoms with Crippen LogP contribution in [0.1, 0.15) is 0 Å². The molecule has 0 saturated carbocycles. The van der Waals surface area contributed by atoms with E-state index in [9.17, 15) is 4.79 Å². The molecule has 1 heterocycles. The van der Waals surface area contributed by atoms with Crippen molar-refractivity contribution in [1.82, 2.24) is 0 Å². The number of cyclic esters (lactones) is 1. The maximum Gasteiger partial charge on any atom is 0.520 e. The molecule has 3 nitrogen and oxygen atoms in total. The summed E-state index contributed by atoms with van der Waals surface area (Å²) in [5.41, 5.74) is 0. The summed E-state index contributed by atoms with van der Waals surface area (Å²) in [5.74, 6) is 0. The first-order valence-corrected chi connectivity index (χ1v) is 2.85. The van der Waals surface area contributed by atoms with Gasteiger partial charge in [-0.2, -0.15) is 9.28 Å². The molecule has 0 aromatic carbocycles. The van der Waals surface area contributed by atoms with Crippen LogP contribution < -0.4 is 0 Å². The van der Waals surface area contributed by atoms with E-state index in [-0.39, 0.29) is 10.6 Å². The zero-order valence-electron chi connectivity index (χ0n) is 5.46. The molecule has 1 saturated heterocycles. The van der Waals surface area contributed by atoms with Gasteiger partial charge in [0.25, 0.3) is 0 Å². The van der Waals surface area contributed by atoms with Gasteiger partial charge in [0.2, 0.25) is 0 Å². The minimum Gasteiger partial charge on any atom is -0.414 e. The fourth-order valence-electron chi connectivity index (χ4n) is 0.727. The van der Waals surface area contributed by atoms with Crippen LogP contribution >= 0.6 is 0 Å². The predicted octanol–water partition coefficient (Wildman–Crippen LogP) is 0.727. The number of likely N-dealkylation sites (N-methyl/N-ethyl adjacent to an activating group) is 1. The largest absolute Gasteiger partial charge is 0.520 e. The molecule has 0 spiro atoms. The molecule has 1 unspecified atom stereocenters. The van der Waals surface area contributed by atoms with Gasteiger partial charge < -0.3 is 4.74 Å². The number of quaternary nitrogens is 1. The van der Waals surface area contributed by atoms with Gasteiger partial charge in [0.1, 0.15) is 13.2 Å². The summed E-state index contributed by atoms with van der Waals surface area (Å²) < 4.78 is 4.93. The molecule has 0 aliphatic carbocycles. The Balaban J connectivity index is 2.78. The fraction of sp³-hybridized carbons (Fsp3) is 0.500. The molecule has 1 atom stereocenters. The van der Waals surface area contributed by atoms with E-state index in [1.54, 1.807) is 13.2 Å². The van der Waals surface area contributed by atoms with Gasteiger partial charge in [-0.3, -0.25) is 0 Å². The van der Waals surface area contributed by atoms with Gasteiger partial charge in [-0.25, -0.2) is 0 Å². The maximum atomic E-state index is 10.8. The Kier molecular flexibility index (Phi) is 1.29. The average molecular weight is 128 g/mol. The third kappa shape index (κ3) is 0.833. The highest BCUT2D eigenvalue weighted by Crippen LogP contribution is 2.12. The topological polar surface area (TPSA) is 26.3 Å². The van der Waals surface area contributed by atoms with Crippen LogP contribution in [0.15, 0.2) is 12.8 Å². The molecule has 50 valence electrons. The smallest absolute Gasteiger partial charge is 0.414 e. The molecule has 3 heteroatoms. The molecule has 0 radical (unpaired) electrons. The fourth-order valence-corrected chi connectivity index (χ4v) is 0.727. The normalized spacial score (nSPS) is 34.1. The van der Waals surface area contributed by atoms with Gasteiger partial charge >= 0.3 is 6.09 Å². The van der Waals surface area contributed by atoms with Crippen molar-refractivity contribution >= 4 is 6.09 Å². The Hall–Kier alpha value is -0.830. The number of ether oxygens (including phenoxy) is 1. The van der Waals surface area contributed by atoms with Crippen molar-refractivity contribution in [2.45, 2.75) is 0 Å². The van der Waals surface area contributed by atoms with Crippen LogP contribution in [-0.2, 0) is 4.74 Å². The Labute approximate surface area is 54.1 Å². The van der Waals surface area contributed by atoms with Crippen molar-refractivity contribution in [2.24, 2.45) is 0 Å². The summed E-state index contributed by atoms with van der Waals surface area (Å²) >= 11 is 0. The van der Waals surface area contributed by atoms with Crippen molar-refractivity contribution in [3.05, 3.63) is 12.8 Å². The summed E-state index contributed by atoms with van der Waals surface area (Å²) in [6.45, 7) is 4.76. The molecule has 1 rings (SSSR count). The number of nitrogens with zero attached hydrogens (tertiary/aromatic N) is 1. The monoisotopic (exact) mass is 128 g/mol. The van der Waals surface area contributed by atoms with E-state index in [0.717, 1.165) is 0 Å². The standard InChI is InChI=1S/C6H10NO2/c1-3-7(2)4-5-9-6(7)8/h3H,1,4-5H2,2H3/q+1. The molecule has 0 aromatic heterocycles. The first-order valence-electron chi connectivity index (χ1n) is 2.85. The van der Waals surface area contributed by atoms with Crippen molar-refractivity contribution in [1.29, 1.82) is 0 Å². The molecule has 0 aromatic rings. The quantitative estimate of drug-likeness (QED) is 0.486. The SMILES string of the molecule is C=C[N+]1(C)CCOC1=O. The van der Waals surface area contributed by atoms with Crippen molar-refractivity contribution in [2.75, 3.05) is 20.2 Å². The molecule has 0 bridgehead atoms. The lowest BCUT2D eigenvalue weighted by Crippen LogP contribution is -2.38. The van der Waals surface area contributed by atoms with Gasteiger partial charge in [0, 0.05) is 0 Å². The highest BCUT2D eigenvalue weighted by atomic mass is 16.6. The van der Waals surface area contributed by atoms with Crippen LogP contribution in [0.25, 0.3) is 0 Å². The molecule has 1 amide bonds. The molecule has 0 N–H and O–H groups in total. The van der Waals surface area contributed by atoms with E-state index >= 15 is 0 Å². The van der Waals surface area contributed by atoms with Crippen LogP contribution in [0.3, 0.4) is 0 Å². The number of rotatable bonds is 1. The molecular weight excluding hydrogens is 118 g/mol. The first-order chi connectivity index (χ1) is 4.19. The summed E-state index contributed by atoms with van der Waals surface area (Å²) in [6, 6.07) is 0. The summed E-state index contributed by atoms with van der Waals surface area (Å²) in [4.78, 5) is 10.8. The van der Waals surface area contributed by atoms with Gasteiger partial charge in [0.15, 0.2) is 0 Å². The maximum absolute atomic E-state index is 10.8. The van der Waals surface area contributed by atoms with E-state index in [2.05, 4.69) is 6.58 Å². The number of carbonyl (C=O) groups excluding carboxylic acids is 1. The Morgan fingerprint density at radius 2 is 2.56 bits per heavy atom. The molecule has 9 heavy (non-hydrogen) atoms. The number of hydrogen-bond donors (Lipinski definition) is 0. The summed E-state index contributed by atoms with van der Waals surface area (Å²) in [7, 11) is 1.78. The van der Waals surface area contributed by atoms with E-state index in [1.165, 1.54) is 0 Å². The lowest BCUT2D eigenvalue weighted by Gasteiger charge is -2.14. The van der Waals surface area contributed by atoms with Crippen LogP contribution in [0.5, 0.6) is 0 Å². The van der Waals surface area contributed by atoms with Crippen LogP contribution in [-0.4, -0.2) is 30.8 Å².